The molecule has 0 unspecified atom stereocenters. The lowest BCUT2D eigenvalue weighted by molar-refractivity contribution is 0.318. The number of para-hydroxylation sites is 1. The highest BCUT2D eigenvalue weighted by Crippen LogP contribution is 2.36. The topological polar surface area (TPSA) is 44.1 Å². The second-order valence-electron chi connectivity index (χ2n) is 6.32. The summed E-state index contributed by atoms with van der Waals surface area (Å²) in [6.45, 7) is 0.542. The van der Waals surface area contributed by atoms with Crippen molar-refractivity contribution in [1.29, 1.82) is 0 Å². The zero-order valence-electron chi connectivity index (χ0n) is 14.2. The molecule has 0 spiro atoms. The van der Waals surface area contributed by atoms with E-state index in [1.165, 1.54) is 12.1 Å². The summed E-state index contributed by atoms with van der Waals surface area (Å²) in [6, 6.07) is 13.8. The van der Waals surface area contributed by atoms with Crippen molar-refractivity contribution in [3.8, 4) is 5.75 Å². The molecule has 26 heavy (non-hydrogen) atoms. The van der Waals surface area contributed by atoms with Gasteiger partial charge in [-0.15, -0.1) is 0 Å². The van der Waals surface area contributed by atoms with Crippen LogP contribution in [0, 0.1) is 5.82 Å². The number of thioether (sulfide) groups is 1. The summed E-state index contributed by atoms with van der Waals surface area (Å²) in [5.74, 6) is 1.20. The van der Waals surface area contributed by atoms with E-state index in [-0.39, 0.29) is 17.4 Å². The molecule has 1 aliphatic carbocycles. The monoisotopic (exact) mass is 370 g/mol. The Morgan fingerprint density at radius 1 is 1.15 bits per heavy atom. The van der Waals surface area contributed by atoms with Crippen molar-refractivity contribution in [1.82, 2.24) is 9.55 Å². The number of rotatable bonds is 7. The van der Waals surface area contributed by atoms with Crippen LogP contribution in [0.2, 0.25) is 0 Å². The lowest BCUT2D eigenvalue weighted by Gasteiger charge is -2.12. The maximum atomic E-state index is 12.9. The second kappa shape index (κ2) is 7.50. The van der Waals surface area contributed by atoms with Crippen LogP contribution in [0.1, 0.15) is 25.3 Å². The average molecular weight is 370 g/mol. The van der Waals surface area contributed by atoms with Gasteiger partial charge >= 0.3 is 0 Å². The third-order valence-electron chi connectivity index (χ3n) is 4.29. The van der Waals surface area contributed by atoms with Gasteiger partial charge in [-0.3, -0.25) is 9.36 Å². The zero-order chi connectivity index (χ0) is 17.9. The first-order valence-corrected chi connectivity index (χ1v) is 9.73. The van der Waals surface area contributed by atoms with E-state index in [1.54, 1.807) is 23.9 Å². The summed E-state index contributed by atoms with van der Waals surface area (Å²) in [7, 11) is 0. The molecule has 1 saturated carbocycles. The van der Waals surface area contributed by atoms with E-state index < -0.39 is 0 Å². The van der Waals surface area contributed by atoms with Gasteiger partial charge in [0.2, 0.25) is 0 Å². The van der Waals surface area contributed by atoms with Crippen LogP contribution < -0.4 is 10.3 Å². The average Bonchev–Trinajstić information content (AvgIpc) is 3.48. The molecule has 0 radical (unpaired) electrons. The van der Waals surface area contributed by atoms with Crippen molar-refractivity contribution in [3.05, 3.63) is 64.7 Å². The Balaban J connectivity index is 1.41. The largest absolute Gasteiger partial charge is 0.494 e. The molecule has 4 rings (SSSR count). The molecule has 0 amide bonds. The Bertz CT molecular complexity index is 968. The van der Waals surface area contributed by atoms with E-state index in [0.717, 1.165) is 35.7 Å². The van der Waals surface area contributed by atoms with Crippen molar-refractivity contribution in [2.45, 2.75) is 30.5 Å². The molecule has 0 N–H and O–H groups in total. The third kappa shape index (κ3) is 3.75. The molecule has 0 saturated heterocycles. The Hall–Kier alpha value is -2.34. The molecule has 134 valence electrons. The van der Waals surface area contributed by atoms with Crippen LogP contribution in [-0.2, 0) is 0 Å². The SMILES string of the molecule is O=c1c2ccccc2nc(SCCCOc2ccc(F)cc2)n1C1CC1. The Morgan fingerprint density at radius 2 is 1.92 bits per heavy atom. The molecule has 1 fully saturated rings. The minimum atomic E-state index is -0.270. The summed E-state index contributed by atoms with van der Waals surface area (Å²) in [5, 5.41) is 1.47. The van der Waals surface area contributed by atoms with Gasteiger partial charge in [0.1, 0.15) is 11.6 Å². The first-order valence-electron chi connectivity index (χ1n) is 8.75. The molecular formula is C20H19FN2O2S. The van der Waals surface area contributed by atoms with Crippen molar-refractivity contribution < 1.29 is 9.13 Å². The predicted octanol–water partition coefficient (Wildman–Crippen LogP) is 4.43. The van der Waals surface area contributed by atoms with E-state index in [0.29, 0.717) is 17.7 Å². The highest BCUT2D eigenvalue weighted by molar-refractivity contribution is 7.99. The van der Waals surface area contributed by atoms with E-state index in [4.69, 9.17) is 9.72 Å². The van der Waals surface area contributed by atoms with Crippen LogP contribution in [-0.4, -0.2) is 21.9 Å². The Kier molecular flexibility index (Phi) is 4.93. The molecule has 3 aromatic rings. The maximum Gasteiger partial charge on any atom is 0.262 e. The first-order chi connectivity index (χ1) is 12.7. The highest BCUT2D eigenvalue weighted by Gasteiger charge is 2.28. The van der Waals surface area contributed by atoms with Gasteiger partial charge in [-0.05, 0) is 55.7 Å². The fourth-order valence-electron chi connectivity index (χ4n) is 2.83. The molecule has 1 aromatic heterocycles. The van der Waals surface area contributed by atoms with E-state index in [2.05, 4.69) is 0 Å². The lowest BCUT2D eigenvalue weighted by atomic mass is 10.2. The normalized spacial score (nSPS) is 13.9. The van der Waals surface area contributed by atoms with Crippen molar-refractivity contribution in [3.63, 3.8) is 0 Å². The van der Waals surface area contributed by atoms with E-state index in [9.17, 15) is 9.18 Å². The third-order valence-corrected chi connectivity index (χ3v) is 5.33. The van der Waals surface area contributed by atoms with Crippen molar-refractivity contribution >= 4 is 22.7 Å². The lowest BCUT2D eigenvalue weighted by Crippen LogP contribution is -2.22. The Labute approximate surface area is 155 Å². The molecule has 2 aromatic carbocycles. The highest BCUT2D eigenvalue weighted by atomic mass is 32.2. The zero-order valence-corrected chi connectivity index (χ0v) is 15.0. The molecule has 1 heterocycles. The van der Waals surface area contributed by atoms with Gasteiger partial charge in [0.15, 0.2) is 5.16 Å². The summed E-state index contributed by atoms with van der Waals surface area (Å²) >= 11 is 1.59. The molecule has 4 nitrogen and oxygen atoms in total. The summed E-state index contributed by atoms with van der Waals surface area (Å²) in [4.78, 5) is 17.5. The number of halogens is 1. The molecule has 0 atom stereocenters. The van der Waals surface area contributed by atoms with Crippen molar-refractivity contribution in [2.75, 3.05) is 12.4 Å². The Morgan fingerprint density at radius 3 is 2.69 bits per heavy atom. The smallest absolute Gasteiger partial charge is 0.262 e. The second-order valence-corrected chi connectivity index (χ2v) is 7.38. The molecule has 6 heteroatoms. The summed E-state index contributed by atoms with van der Waals surface area (Å²) in [6.07, 6.45) is 2.90. The van der Waals surface area contributed by atoms with Gasteiger partial charge in [-0.25, -0.2) is 9.37 Å². The number of hydrogen-bond donors (Lipinski definition) is 0. The fourth-order valence-corrected chi connectivity index (χ4v) is 3.80. The van der Waals surface area contributed by atoms with Crippen LogP contribution >= 0.6 is 11.8 Å². The number of aromatic nitrogens is 2. The number of fused-ring (bicyclic) bond motifs is 1. The standard InChI is InChI=1S/C20H19FN2O2S/c21-14-6-10-16(11-7-14)25-12-3-13-26-20-22-18-5-2-1-4-17(18)19(24)23(20)15-8-9-15/h1-2,4-7,10-11,15H,3,8-9,12-13H2. The number of nitrogens with zero attached hydrogens (tertiary/aromatic N) is 2. The predicted molar refractivity (Wildman–Crippen MR) is 102 cm³/mol. The van der Waals surface area contributed by atoms with Gasteiger partial charge < -0.3 is 4.74 Å². The van der Waals surface area contributed by atoms with Crippen LogP contribution in [0.5, 0.6) is 5.75 Å². The van der Waals surface area contributed by atoms with Gasteiger partial charge in [0, 0.05) is 11.8 Å². The number of benzene rings is 2. The van der Waals surface area contributed by atoms with Crippen LogP contribution in [0.3, 0.4) is 0 Å². The van der Waals surface area contributed by atoms with Crippen LogP contribution in [0.4, 0.5) is 4.39 Å². The van der Waals surface area contributed by atoms with Gasteiger partial charge in [-0.1, -0.05) is 23.9 Å². The maximum absolute atomic E-state index is 12.9. The number of hydrogen-bond acceptors (Lipinski definition) is 4. The van der Waals surface area contributed by atoms with Crippen LogP contribution in [0.15, 0.2) is 58.5 Å². The quantitative estimate of drug-likeness (QED) is 0.351. The first kappa shape index (κ1) is 17.1. The van der Waals surface area contributed by atoms with Gasteiger partial charge in [0.25, 0.3) is 5.56 Å². The fraction of sp³-hybridized carbons (Fsp3) is 0.300. The van der Waals surface area contributed by atoms with Crippen LogP contribution in [0.25, 0.3) is 10.9 Å². The minimum Gasteiger partial charge on any atom is -0.494 e. The number of ether oxygens (including phenoxy) is 1. The van der Waals surface area contributed by atoms with E-state index >= 15 is 0 Å². The molecule has 0 bridgehead atoms. The van der Waals surface area contributed by atoms with Crippen molar-refractivity contribution in [2.24, 2.45) is 0 Å². The molecular weight excluding hydrogens is 351 g/mol. The van der Waals surface area contributed by atoms with E-state index in [1.807, 2.05) is 28.8 Å². The van der Waals surface area contributed by atoms with Gasteiger partial charge in [0.05, 0.1) is 17.5 Å². The molecule has 1 aliphatic rings. The molecule has 0 aliphatic heterocycles. The van der Waals surface area contributed by atoms with Gasteiger partial charge in [-0.2, -0.15) is 0 Å². The minimum absolute atomic E-state index is 0.0585. The summed E-state index contributed by atoms with van der Waals surface area (Å²) < 4.78 is 20.3. The summed E-state index contributed by atoms with van der Waals surface area (Å²) in [5.41, 5.74) is 0.808.